The molecule has 12 heteroatoms. The standard InChI is InChI=1S/C30H35ClN6O5/c1-30(2)18-8-7-9-22(25(18)28(39)37(30)4)42-27-19(31)15-32-29(35-27)34-20-11-10-17(14-23(20)40-5)26(38)33-21-12-13-36(3)16-24(21)41-6/h7-11,14-15,21,24H,12-13,16H2,1-6H3,(H,33,38)(H,32,34,35)/t21?,24-/m1/s1. The van der Waals surface area contributed by atoms with Crippen LogP contribution in [0.4, 0.5) is 11.6 Å². The normalized spacial score (nSPS) is 19.8. The average Bonchev–Trinajstić information content (AvgIpc) is 3.16. The largest absolute Gasteiger partial charge is 0.495 e. The Morgan fingerprint density at radius 1 is 1.14 bits per heavy atom. The molecule has 2 amide bonds. The maximum absolute atomic E-state index is 13.1. The van der Waals surface area contributed by atoms with Crippen LogP contribution in [0.3, 0.4) is 0 Å². The summed E-state index contributed by atoms with van der Waals surface area (Å²) in [7, 11) is 6.98. The van der Waals surface area contributed by atoms with Gasteiger partial charge in [-0.05, 0) is 63.7 Å². The van der Waals surface area contributed by atoms with E-state index >= 15 is 0 Å². The highest BCUT2D eigenvalue weighted by Crippen LogP contribution is 2.43. The fourth-order valence-electron chi connectivity index (χ4n) is 5.32. The van der Waals surface area contributed by atoms with Crippen molar-refractivity contribution < 1.29 is 23.8 Å². The van der Waals surface area contributed by atoms with Gasteiger partial charge in [0.2, 0.25) is 11.8 Å². The van der Waals surface area contributed by atoms with Gasteiger partial charge in [-0.15, -0.1) is 0 Å². The van der Waals surface area contributed by atoms with Gasteiger partial charge in [0.05, 0.1) is 42.2 Å². The molecule has 5 rings (SSSR count). The molecule has 2 aliphatic heterocycles. The van der Waals surface area contributed by atoms with E-state index in [0.717, 1.165) is 25.1 Å². The third-order valence-corrected chi connectivity index (χ3v) is 8.31. The number of likely N-dealkylation sites (tertiary alicyclic amines) is 1. The lowest BCUT2D eigenvalue weighted by Gasteiger charge is -2.36. The molecule has 1 fully saturated rings. The predicted octanol–water partition coefficient (Wildman–Crippen LogP) is 4.44. The number of hydrogen-bond acceptors (Lipinski definition) is 9. The summed E-state index contributed by atoms with van der Waals surface area (Å²) in [6, 6.07) is 10.4. The molecule has 0 aliphatic carbocycles. The number of likely N-dealkylation sites (N-methyl/N-ethyl adjacent to an activating group) is 1. The van der Waals surface area contributed by atoms with E-state index in [-0.39, 0.29) is 40.8 Å². The minimum Gasteiger partial charge on any atom is -0.495 e. The number of aromatic nitrogens is 2. The fraction of sp³-hybridized carbons (Fsp3) is 0.400. The molecular formula is C30H35ClN6O5. The zero-order valence-electron chi connectivity index (χ0n) is 24.5. The first-order valence-corrected chi connectivity index (χ1v) is 14.0. The molecule has 11 nitrogen and oxygen atoms in total. The van der Waals surface area contributed by atoms with E-state index in [1.54, 1.807) is 43.3 Å². The van der Waals surface area contributed by atoms with Gasteiger partial charge in [0.1, 0.15) is 16.5 Å². The predicted molar refractivity (Wildman–Crippen MR) is 159 cm³/mol. The van der Waals surface area contributed by atoms with E-state index in [9.17, 15) is 9.59 Å². The molecule has 0 spiro atoms. The Hall–Kier alpha value is -3.93. The van der Waals surface area contributed by atoms with Crippen LogP contribution in [0.1, 0.15) is 46.5 Å². The molecule has 2 N–H and O–H groups in total. The summed E-state index contributed by atoms with van der Waals surface area (Å²) in [5.41, 5.74) is 1.84. The average molecular weight is 595 g/mol. The van der Waals surface area contributed by atoms with E-state index in [2.05, 4.69) is 25.5 Å². The second kappa shape index (κ2) is 11.7. The molecule has 42 heavy (non-hydrogen) atoms. The number of anilines is 2. The van der Waals surface area contributed by atoms with Crippen molar-refractivity contribution >= 4 is 35.1 Å². The van der Waals surface area contributed by atoms with Crippen molar-refractivity contribution in [3.8, 4) is 17.4 Å². The van der Waals surface area contributed by atoms with Gasteiger partial charge in [-0.3, -0.25) is 9.59 Å². The van der Waals surface area contributed by atoms with E-state index in [1.807, 2.05) is 33.0 Å². The van der Waals surface area contributed by atoms with Crippen molar-refractivity contribution in [1.29, 1.82) is 0 Å². The Labute approximate surface area is 250 Å². The summed E-state index contributed by atoms with van der Waals surface area (Å²) in [6.07, 6.45) is 2.12. The third kappa shape index (κ3) is 5.59. The highest BCUT2D eigenvalue weighted by Gasteiger charge is 2.42. The second-order valence-electron chi connectivity index (χ2n) is 11.0. The molecule has 1 saturated heterocycles. The summed E-state index contributed by atoms with van der Waals surface area (Å²) in [6.45, 7) is 5.58. The number of halogens is 1. The molecule has 2 atom stereocenters. The first-order chi connectivity index (χ1) is 20.0. The van der Waals surface area contributed by atoms with Crippen LogP contribution in [0.2, 0.25) is 5.02 Å². The molecule has 0 saturated carbocycles. The van der Waals surface area contributed by atoms with Crippen molar-refractivity contribution in [2.24, 2.45) is 0 Å². The van der Waals surface area contributed by atoms with Gasteiger partial charge >= 0.3 is 0 Å². The van der Waals surface area contributed by atoms with E-state index < -0.39 is 5.54 Å². The van der Waals surface area contributed by atoms with Gasteiger partial charge in [-0.25, -0.2) is 4.98 Å². The minimum absolute atomic E-state index is 0.0866. The van der Waals surface area contributed by atoms with Crippen molar-refractivity contribution in [3.63, 3.8) is 0 Å². The Kier molecular flexibility index (Phi) is 8.27. The number of nitrogens with zero attached hydrogens (tertiary/aromatic N) is 4. The number of piperidine rings is 1. The van der Waals surface area contributed by atoms with Gasteiger partial charge in [0, 0.05) is 26.3 Å². The lowest BCUT2D eigenvalue weighted by molar-refractivity contribution is 0.0142. The number of carbonyl (C=O) groups excluding carboxylic acids is 2. The lowest BCUT2D eigenvalue weighted by atomic mass is 9.94. The highest BCUT2D eigenvalue weighted by atomic mass is 35.5. The van der Waals surface area contributed by atoms with Crippen molar-refractivity contribution in [2.75, 3.05) is 46.7 Å². The number of amides is 2. The summed E-state index contributed by atoms with van der Waals surface area (Å²) >= 11 is 6.39. The molecule has 0 radical (unpaired) electrons. The monoisotopic (exact) mass is 594 g/mol. The van der Waals surface area contributed by atoms with Gasteiger partial charge < -0.3 is 34.6 Å². The van der Waals surface area contributed by atoms with E-state index in [4.69, 9.17) is 25.8 Å². The summed E-state index contributed by atoms with van der Waals surface area (Å²) in [5.74, 6) is 0.700. The summed E-state index contributed by atoms with van der Waals surface area (Å²) in [4.78, 5) is 38.7. The van der Waals surface area contributed by atoms with Crippen LogP contribution in [-0.2, 0) is 10.3 Å². The van der Waals surface area contributed by atoms with E-state index in [0.29, 0.717) is 28.3 Å². The SMILES string of the molecule is COc1cc(C(=O)NC2CCN(C)C[C@H]2OC)ccc1Nc1ncc(Cl)c(Oc2cccc3c2C(=O)N(C)C3(C)C)n1. The first-order valence-electron chi connectivity index (χ1n) is 13.6. The van der Waals surface area contributed by atoms with Gasteiger partial charge in [-0.1, -0.05) is 23.7 Å². The van der Waals surface area contributed by atoms with Crippen LogP contribution in [0.25, 0.3) is 0 Å². The summed E-state index contributed by atoms with van der Waals surface area (Å²) in [5, 5.41) is 6.38. The van der Waals surface area contributed by atoms with Crippen molar-refractivity contribution in [1.82, 2.24) is 25.1 Å². The number of ether oxygens (including phenoxy) is 3. The van der Waals surface area contributed by atoms with Gasteiger partial charge in [0.25, 0.3) is 11.8 Å². The highest BCUT2D eigenvalue weighted by molar-refractivity contribution is 6.31. The van der Waals surface area contributed by atoms with Gasteiger partial charge in [-0.2, -0.15) is 4.98 Å². The zero-order chi connectivity index (χ0) is 30.2. The van der Waals surface area contributed by atoms with Crippen LogP contribution in [0, 0.1) is 0 Å². The fourth-order valence-corrected chi connectivity index (χ4v) is 5.45. The lowest BCUT2D eigenvalue weighted by Crippen LogP contribution is -2.53. The second-order valence-corrected chi connectivity index (χ2v) is 11.4. The van der Waals surface area contributed by atoms with Crippen molar-refractivity contribution in [3.05, 3.63) is 64.3 Å². The third-order valence-electron chi connectivity index (χ3n) is 8.05. The van der Waals surface area contributed by atoms with Gasteiger partial charge in [0.15, 0.2) is 0 Å². The Bertz CT molecular complexity index is 1520. The first kappa shape index (κ1) is 29.6. The molecular weight excluding hydrogens is 560 g/mol. The number of hydrogen-bond donors (Lipinski definition) is 2. The number of rotatable bonds is 8. The molecule has 2 aromatic carbocycles. The number of carbonyl (C=O) groups is 2. The quantitative estimate of drug-likeness (QED) is 0.390. The number of methoxy groups -OCH3 is 2. The van der Waals surface area contributed by atoms with Crippen LogP contribution in [-0.4, -0.2) is 85.1 Å². The molecule has 1 aromatic heterocycles. The molecule has 2 aliphatic rings. The molecule has 3 heterocycles. The molecule has 0 bridgehead atoms. The maximum atomic E-state index is 13.1. The Morgan fingerprint density at radius 3 is 2.67 bits per heavy atom. The Morgan fingerprint density at radius 2 is 1.93 bits per heavy atom. The van der Waals surface area contributed by atoms with Crippen molar-refractivity contribution in [2.45, 2.75) is 38.0 Å². The summed E-state index contributed by atoms with van der Waals surface area (Å²) < 4.78 is 17.2. The van der Waals surface area contributed by atoms with Crippen LogP contribution in [0.5, 0.6) is 17.4 Å². The molecule has 3 aromatic rings. The smallest absolute Gasteiger partial charge is 0.258 e. The zero-order valence-corrected chi connectivity index (χ0v) is 25.3. The van der Waals surface area contributed by atoms with Crippen LogP contribution < -0.4 is 20.1 Å². The number of nitrogens with one attached hydrogen (secondary N) is 2. The van der Waals surface area contributed by atoms with Crippen LogP contribution in [0.15, 0.2) is 42.6 Å². The Balaban J connectivity index is 1.34. The maximum Gasteiger partial charge on any atom is 0.258 e. The van der Waals surface area contributed by atoms with E-state index in [1.165, 1.54) is 13.3 Å². The number of benzene rings is 2. The number of fused-ring (bicyclic) bond motifs is 1. The molecule has 1 unspecified atom stereocenters. The minimum atomic E-state index is -0.480. The van der Waals surface area contributed by atoms with Crippen LogP contribution >= 0.6 is 11.6 Å². The molecule has 222 valence electrons. The topological polar surface area (TPSA) is 118 Å².